The number of carbonyl (C=O) groups excluding carboxylic acids is 1. The Bertz CT molecular complexity index is 1320. The lowest BCUT2D eigenvalue weighted by molar-refractivity contribution is 0.0598. The maximum absolute atomic E-state index is 12.9. The number of thiazole rings is 1. The summed E-state index contributed by atoms with van der Waals surface area (Å²) < 4.78 is 5.71. The van der Waals surface area contributed by atoms with Gasteiger partial charge in [0.25, 0.3) is 5.91 Å². The van der Waals surface area contributed by atoms with E-state index in [0.29, 0.717) is 29.1 Å². The molecule has 162 valence electrons. The van der Waals surface area contributed by atoms with Gasteiger partial charge in [0.15, 0.2) is 11.2 Å². The number of fused-ring (bicyclic) bond motifs is 1. The zero-order valence-corrected chi connectivity index (χ0v) is 18.7. The monoisotopic (exact) mass is 465 g/mol. The quantitative estimate of drug-likeness (QED) is 0.443. The lowest BCUT2D eigenvalue weighted by atomic mass is 10.2. The molecule has 5 rings (SSSR count). The van der Waals surface area contributed by atoms with Gasteiger partial charge in [-0.15, -0.1) is 11.3 Å². The molecule has 2 aromatic heterocycles. The van der Waals surface area contributed by atoms with Gasteiger partial charge in [-0.2, -0.15) is 0 Å². The number of hydrogen-bond acceptors (Lipinski definition) is 6. The van der Waals surface area contributed by atoms with Crippen LogP contribution in [0.1, 0.15) is 15.6 Å². The summed E-state index contributed by atoms with van der Waals surface area (Å²) in [4.78, 5) is 34.0. The van der Waals surface area contributed by atoms with E-state index in [9.17, 15) is 9.59 Å². The van der Waals surface area contributed by atoms with Crippen LogP contribution in [0.5, 0.6) is 0 Å². The van der Waals surface area contributed by atoms with E-state index in [2.05, 4.69) is 10.3 Å². The number of benzene rings is 2. The van der Waals surface area contributed by atoms with E-state index in [1.807, 2.05) is 24.3 Å². The van der Waals surface area contributed by atoms with Crippen molar-refractivity contribution in [2.75, 3.05) is 26.2 Å². The number of piperazine rings is 1. The first-order chi connectivity index (χ1) is 15.6. The molecule has 1 amide bonds. The van der Waals surface area contributed by atoms with Crippen molar-refractivity contribution in [3.05, 3.63) is 86.0 Å². The molecule has 4 aromatic rings. The highest BCUT2D eigenvalue weighted by Crippen LogP contribution is 2.24. The molecule has 3 heterocycles. The number of halogens is 1. The number of rotatable bonds is 4. The van der Waals surface area contributed by atoms with Crippen LogP contribution < -0.4 is 5.43 Å². The van der Waals surface area contributed by atoms with E-state index < -0.39 is 0 Å². The Morgan fingerprint density at radius 2 is 1.81 bits per heavy atom. The third-order valence-electron chi connectivity index (χ3n) is 5.56. The fourth-order valence-electron chi connectivity index (χ4n) is 3.80. The van der Waals surface area contributed by atoms with Crippen molar-refractivity contribution in [2.45, 2.75) is 6.54 Å². The third-order valence-corrected chi connectivity index (χ3v) is 6.64. The molecule has 0 radical (unpaired) electrons. The normalized spacial score (nSPS) is 14.7. The average Bonchev–Trinajstić information content (AvgIpc) is 3.28. The molecule has 2 aromatic carbocycles. The highest BCUT2D eigenvalue weighted by molar-refractivity contribution is 7.09. The Kier molecular flexibility index (Phi) is 5.78. The fourth-order valence-corrected chi connectivity index (χ4v) is 4.77. The zero-order valence-electron chi connectivity index (χ0n) is 17.2. The average molecular weight is 466 g/mol. The minimum Gasteiger partial charge on any atom is -0.451 e. The van der Waals surface area contributed by atoms with Gasteiger partial charge in [0.2, 0.25) is 0 Å². The van der Waals surface area contributed by atoms with Crippen molar-refractivity contribution in [1.82, 2.24) is 14.8 Å². The highest BCUT2D eigenvalue weighted by Gasteiger charge is 2.25. The first-order valence-corrected chi connectivity index (χ1v) is 11.6. The first kappa shape index (κ1) is 20.9. The second-order valence-electron chi connectivity index (χ2n) is 7.67. The smallest absolute Gasteiger partial charge is 0.289 e. The minimum atomic E-state index is -0.244. The Morgan fingerprint density at radius 3 is 2.59 bits per heavy atom. The van der Waals surface area contributed by atoms with Crippen molar-refractivity contribution in [3.63, 3.8) is 0 Å². The number of amides is 1. The number of aromatic nitrogens is 1. The van der Waals surface area contributed by atoms with Gasteiger partial charge in [0.05, 0.1) is 17.6 Å². The molecule has 1 aliphatic heterocycles. The van der Waals surface area contributed by atoms with Crippen molar-refractivity contribution in [2.24, 2.45) is 0 Å². The van der Waals surface area contributed by atoms with E-state index >= 15 is 0 Å². The molecule has 1 aliphatic rings. The van der Waals surface area contributed by atoms with Gasteiger partial charge >= 0.3 is 0 Å². The van der Waals surface area contributed by atoms with E-state index in [4.69, 9.17) is 21.0 Å². The van der Waals surface area contributed by atoms with Gasteiger partial charge in [-0.05, 0) is 24.3 Å². The Balaban J connectivity index is 1.21. The van der Waals surface area contributed by atoms with Crippen LogP contribution in [-0.4, -0.2) is 46.9 Å². The van der Waals surface area contributed by atoms with Crippen molar-refractivity contribution in [3.8, 4) is 11.3 Å². The molecule has 0 bridgehead atoms. The molecule has 6 nitrogen and oxygen atoms in total. The van der Waals surface area contributed by atoms with Crippen LogP contribution in [0, 0.1) is 0 Å². The SMILES string of the molecule is O=C(c1cc(=O)c2ccccc2o1)N1CCN(Cc2nc(-c3ccc(Cl)cc3)cs2)CC1. The van der Waals surface area contributed by atoms with E-state index in [1.165, 1.54) is 6.07 Å². The molecule has 0 saturated carbocycles. The topological polar surface area (TPSA) is 66.7 Å². The zero-order chi connectivity index (χ0) is 22.1. The van der Waals surface area contributed by atoms with Crippen LogP contribution in [-0.2, 0) is 6.54 Å². The molecular formula is C24H20ClN3O3S. The largest absolute Gasteiger partial charge is 0.451 e. The maximum atomic E-state index is 12.9. The fraction of sp³-hybridized carbons (Fsp3) is 0.208. The lowest BCUT2D eigenvalue weighted by Crippen LogP contribution is -2.48. The molecule has 0 atom stereocenters. The van der Waals surface area contributed by atoms with Gasteiger partial charge < -0.3 is 9.32 Å². The van der Waals surface area contributed by atoms with E-state index in [0.717, 1.165) is 35.9 Å². The summed E-state index contributed by atoms with van der Waals surface area (Å²) in [6, 6.07) is 15.9. The Labute approximate surface area is 193 Å². The molecule has 1 saturated heterocycles. The summed E-state index contributed by atoms with van der Waals surface area (Å²) in [5.74, 6) is -0.151. The predicted molar refractivity (Wildman–Crippen MR) is 126 cm³/mol. The van der Waals surface area contributed by atoms with Gasteiger partial charge in [0.1, 0.15) is 10.6 Å². The van der Waals surface area contributed by atoms with Gasteiger partial charge in [-0.1, -0.05) is 35.9 Å². The molecule has 8 heteroatoms. The van der Waals surface area contributed by atoms with E-state index in [-0.39, 0.29) is 17.1 Å². The number of para-hydroxylation sites is 1. The van der Waals surface area contributed by atoms with Gasteiger partial charge in [-0.3, -0.25) is 14.5 Å². The van der Waals surface area contributed by atoms with Crippen LogP contribution in [0.4, 0.5) is 0 Å². The summed E-state index contributed by atoms with van der Waals surface area (Å²) in [6.45, 7) is 3.36. The third kappa shape index (κ3) is 4.32. The summed E-state index contributed by atoms with van der Waals surface area (Å²) in [6.07, 6.45) is 0. The predicted octanol–water partition coefficient (Wildman–Crippen LogP) is 4.53. The number of carbonyl (C=O) groups is 1. The molecular weight excluding hydrogens is 446 g/mol. The minimum absolute atomic E-state index is 0.0923. The molecule has 32 heavy (non-hydrogen) atoms. The van der Waals surface area contributed by atoms with E-state index in [1.54, 1.807) is 40.5 Å². The molecule has 1 fully saturated rings. The number of hydrogen-bond donors (Lipinski definition) is 0. The van der Waals surface area contributed by atoms with Gasteiger partial charge in [-0.25, -0.2) is 4.98 Å². The number of nitrogens with zero attached hydrogens (tertiary/aromatic N) is 3. The molecule has 0 N–H and O–H groups in total. The lowest BCUT2D eigenvalue weighted by Gasteiger charge is -2.33. The second-order valence-corrected chi connectivity index (χ2v) is 9.05. The standard InChI is InChI=1S/C24H20ClN3O3S/c25-17-7-5-16(6-8-17)19-15-32-23(26-19)14-27-9-11-28(12-10-27)24(30)22-13-20(29)18-3-1-2-4-21(18)31-22/h1-8,13,15H,9-12,14H2. The van der Waals surface area contributed by atoms with Crippen LogP contribution in [0.2, 0.25) is 5.02 Å². The summed E-state index contributed by atoms with van der Waals surface area (Å²) >= 11 is 7.60. The second kappa shape index (κ2) is 8.86. The maximum Gasteiger partial charge on any atom is 0.289 e. The van der Waals surface area contributed by atoms with Crippen molar-refractivity contribution >= 4 is 39.8 Å². The molecule has 0 aliphatic carbocycles. The van der Waals surface area contributed by atoms with Crippen LogP contribution in [0.25, 0.3) is 22.2 Å². The summed E-state index contributed by atoms with van der Waals surface area (Å²) in [5.41, 5.74) is 2.22. The van der Waals surface area contributed by atoms with Crippen molar-refractivity contribution < 1.29 is 9.21 Å². The highest BCUT2D eigenvalue weighted by atomic mass is 35.5. The summed E-state index contributed by atoms with van der Waals surface area (Å²) in [7, 11) is 0. The molecule has 0 unspecified atom stereocenters. The summed E-state index contributed by atoms with van der Waals surface area (Å²) in [5, 5.41) is 4.28. The van der Waals surface area contributed by atoms with Crippen molar-refractivity contribution in [1.29, 1.82) is 0 Å². The Morgan fingerprint density at radius 1 is 1.06 bits per heavy atom. The first-order valence-electron chi connectivity index (χ1n) is 10.3. The van der Waals surface area contributed by atoms with Gasteiger partial charge in [0, 0.05) is 48.2 Å². The van der Waals surface area contributed by atoms with Crippen LogP contribution in [0.15, 0.2) is 69.2 Å². The van der Waals surface area contributed by atoms with Crippen LogP contribution >= 0.6 is 22.9 Å². The molecule has 0 spiro atoms. The van der Waals surface area contributed by atoms with Crippen LogP contribution in [0.3, 0.4) is 0 Å². The Hall–Kier alpha value is -3.00.